The van der Waals surface area contributed by atoms with Gasteiger partial charge in [-0.3, -0.25) is 4.57 Å². The van der Waals surface area contributed by atoms with Crippen LogP contribution in [0.1, 0.15) is 136 Å². The maximum Gasteiger partial charge on any atom is 0.178 e. The number of fused-ring (bicyclic) bond motifs is 1. The van der Waals surface area contributed by atoms with E-state index in [0.717, 1.165) is 102 Å². The molecule has 0 fully saturated rings. The first-order valence-corrected chi connectivity index (χ1v) is 33.0. The van der Waals surface area contributed by atoms with Crippen molar-refractivity contribution in [3.05, 3.63) is 308 Å². The van der Waals surface area contributed by atoms with Crippen molar-refractivity contribution in [2.75, 3.05) is 0 Å². The first-order chi connectivity index (χ1) is 46.6. The molecule has 9 aromatic carbocycles. The van der Waals surface area contributed by atoms with Gasteiger partial charge in [0.2, 0.25) is 0 Å². The molecule has 0 saturated carbocycles. The molecule has 0 aliphatic carbocycles. The van der Waals surface area contributed by atoms with E-state index in [2.05, 4.69) is 205 Å². The third kappa shape index (κ3) is 19.8. The monoisotopic (exact) mass is 1330 g/mol. The maximum atomic E-state index is 4.80. The Kier molecular flexibility index (Phi) is 25.9. The Labute approximate surface area is 601 Å². The van der Waals surface area contributed by atoms with Gasteiger partial charge in [0.15, 0.2) is 34.8 Å². The summed E-state index contributed by atoms with van der Waals surface area (Å²) >= 11 is 0. The standard InChI is InChI=1S/C25H23N3.C22H21N3.C20H20N2.C19H19N3.4CH4/c1-25(2,3)21-16-14-20(15-17-21)24-27-22(18-10-6-4-7-11-18)26-23(28-24)19-12-8-5-9-13-19;1-22(2,3)17-13-11-16(12-14-17)21-24-20-19(10-7-15-23-20)25(21)18-8-5-4-6-9-18;1-20(2,3)19-21-17(15-10-6-4-7-11-15)14-18(22-19)16-12-8-5-9-13-16;1-19(2,3)18-21-16(14-10-6-4-7-11-14)20-17(22-18)15-12-8-5-9-13-15;;;;/h4-17H,1-3H3;4-15H,1-3H3;4-14H,1-3H3;4-13H,1-3H3;4*1H4. The summed E-state index contributed by atoms with van der Waals surface area (Å²) in [6, 6.07) is 94.3. The van der Waals surface area contributed by atoms with Gasteiger partial charge in [0.05, 0.1) is 16.9 Å². The molecule has 11 nitrogen and oxygen atoms in total. The number of para-hydroxylation sites is 1. The molecule has 0 atom stereocenters. The predicted octanol–water partition coefficient (Wildman–Crippen LogP) is 23.7. The Hall–Kier alpha value is -11.3. The molecule has 5 aromatic heterocycles. The van der Waals surface area contributed by atoms with E-state index in [4.69, 9.17) is 29.9 Å². The van der Waals surface area contributed by atoms with Crippen LogP contribution in [0.2, 0.25) is 0 Å². The van der Waals surface area contributed by atoms with Crippen LogP contribution in [-0.4, -0.2) is 54.4 Å². The van der Waals surface area contributed by atoms with Gasteiger partial charge in [-0.05, 0) is 52.3 Å². The summed E-state index contributed by atoms with van der Waals surface area (Å²) in [6.07, 6.45) is 1.79. The maximum absolute atomic E-state index is 4.80. The van der Waals surface area contributed by atoms with Gasteiger partial charge >= 0.3 is 0 Å². The molecule has 0 saturated heterocycles. The zero-order chi connectivity index (χ0) is 68.2. The molecule has 0 aliphatic heterocycles. The molecular formula is C90H99N11. The predicted molar refractivity (Wildman–Crippen MR) is 426 cm³/mol. The van der Waals surface area contributed by atoms with Crippen molar-refractivity contribution < 1.29 is 0 Å². The summed E-state index contributed by atoms with van der Waals surface area (Å²) in [5.41, 5.74) is 15.8. The van der Waals surface area contributed by atoms with Crippen molar-refractivity contribution in [1.29, 1.82) is 0 Å². The molecular weight excluding hydrogens is 1240 g/mol. The number of pyridine rings is 1. The second-order valence-electron chi connectivity index (χ2n) is 27.9. The molecule has 0 unspecified atom stereocenters. The van der Waals surface area contributed by atoms with Gasteiger partial charge in [0.25, 0.3) is 0 Å². The van der Waals surface area contributed by atoms with Crippen LogP contribution in [0.5, 0.6) is 0 Å². The van der Waals surface area contributed by atoms with Gasteiger partial charge in [-0.15, -0.1) is 0 Å². The zero-order valence-corrected chi connectivity index (χ0v) is 57.6. The Morgan fingerprint density at radius 2 is 0.535 bits per heavy atom. The average molecular weight is 1330 g/mol. The van der Waals surface area contributed by atoms with Gasteiger partial charge in [0, 0.05) is 67.2 Å². The largest absolute Gasteiger partial charge is 0.291 e. The Balaban J connectivity index is 0.000000187. The van der Waals surface area contributed by atoms with Crippen molar-refractivity contribution in [3.8, 4) is 96.5 Å². The Morgan fingerprint density at radius 3 is 0.861 bits per heavy atom. The van der Waals surface area contributed by atoms with E-state index >= 15 is 0 Å². The fourth-order valence-corrected chi connectivity index (χ4v) is 10.6. The fraction of sp³-hybridized carbons (Fsp3) is 0.222. The first kappa shape index (κ1) is 77.1. The molecule has 11 heteroatoms. The Bertz CT molecular complexity index is 4520. The lowest BCUT2D eigenvalue weighted by atomic mass is 9.86. The lowest BCUT2D eigenvalue weighted by molar-refractivity contribution is 0.543. The van der Waals surface area contributed by atoms with Crippen LogP contribution in [-0.2, 0) is 21.7 Å². The van der Waals surface area contributed by atoms with Gasteiger partial charge in [0.1, 0.15) is 17.5 Å². The van der Waals surface area contributed by atoms with E-state index in [-0.39, 0.29) is 51.4 Å². The van der Waals surface area contributed by atoms with E-state index in [1.165, 1.54) is 11.1 Å². The van der Waals surface area contributed by atoms with Gasteiger partial charge in [-0.25, -0.2) is 49.8 Å². The highest BCUT2D eigenvalue weighted by Crippen LogP contribution is 2.34. The highest BCUT2D eigenvalue weighted by molar-refractivity contribution is 5.80. The van der Waals surface area contributed by atoms with Crippen molar-refractivity contribution >= 4 is 11.2 Å². The van der Waals surface area contributed by atoms with Crippen molar-refractivity contribution in [2.24, 2.45) is 0 Å². The lowest BCUT2D eigenvalue weighted by Gasteiger charge is -2.19. The van der Waals surface area contributed by atoms with Crippen LogP contribution >= 0.6 is 0 Å². The topological polar surface area (TPSA) is 134 Å². The number of rotatable bonds is 9. The van der Waals surface area contributed by atoms with Gasteiger partial charge in [-0.1, -0.05) is 362 Å². The fourth-order valence-electron chi connectivity index (χ4n) is 10.6. The molecule has 0 bridgehead atoms. The van der Waals surface area contributed by atoms with Crippen LogP contribution in [0.15, 0.2) is 285 Å². The van der Waals surface area contributed by atoms with E-state index < -0.39 is 0 Å². The minimum atomic E-state index is -0.129. The summed E-state index contributed by atoms with van der Waals surface area (Å²) in [5.74, 6) is 6.09. The van der Waals surface area contributed by atoms with E-state index in [1.807, 2.05) is 182 Å². The molecule has 101 heavy (non-hydrogen) atoms. The quantitative estimate of drug-likeness (QED) is 0.137. The molecule has 5 heterocycles. The van der Waals surface area contributed by atoms with Crippen molar-refractivity contribution in [1.82, 2.24) is 54.4 Å². The van der Waals surface area contributed by atoms with Crippen LogP contribution < -0.4 is 0 Å². The van der Waals surface area contributed by atoms with Gasteiger partial charge < -0.3 is 0 Å². The first-order valence-electron chi connectivity index (χ1n) is 33.0. The molecule has 14 aromatic rings. The third-order valence-electron chi connectivity index (χ3n) is 16.1. The second kappa shape index (κ2) is 34.0. The second-order valence-corrected chi connectivity index (χ2v) is 27.9. The summed E-state index contributed by atoms with van der Waals surface area (Å²) in [4.78, 5) is 47.1. The average Bonchev–Trinajstić information content (AvgIpc) is 1.67. The molecule has 0 amide bonds. The van der Waals surface area contributed by atoms with Gasteiger partial charge in [-0.2, -0.15) is 0 Å². The van der Waals surface area contributed by atoms with E-state index in [1.54, 1.807) is 6.20 Å². The Morgan fingerprint density at radius 1 is 0.248 bits per heavy atom. The molecule has 14 rings (SSSR count). The molecule has 0 aliphatic rings. The zero-order valence-electron chi connectivity index (χ0n) is 57.6. The van der Waals surface area contributed by atoms with Crippen LogP contribution in [0.25, 0.3) is 108 Å². The van der Waals surface area contributed by atoms with Crippen LogP contribution in [0, 0.1) is 0 Å². The lowest BCUT2D eigenvalue weighted by Crippen LogP contribution is -2.18. The summed E-state index contributed by atoms with van der Waals surface area (Å²) in [7, 11) is 0. The SMILES string of the molecule is C.C.C.C.CC(C)(C)c1ccc(-c2nc(-c3ccccc3)nc(-c3ccccc3)n2)cc1.CC(C)(C)c1ccc(-c2nc3ncccc3n2-c2ccccc2)cc1.CC(C)(C)c1nc(-c2ccccc2)cc(-c2ccccc2)n1.CC(C)(C)c1nc(-c2ccccc2)nc(-c2ccccc2)n1. The number of hydrogen-bond donors (Lipinski definition) is 0. The third-order valence-corrected chi connectivity index (χ3v) is 16.1. The minimum Gasteiger partial charge on any atom is -0.291 e. The summed E-state index contributed by atoms with van der Waals surface area (Å²) in [5, 5.41) is 0. The normalized spacial score (nSPS) is 11.0. The summed E-state index contributed by atoms with van der Waals surface area (Å²) < 4.78 is 2.18. The summed E-state index contributed by atoms with van der Waals surface area (Å²) in [6.45, 7) is 26.1. The van der Waals surface area contributed by atoms with Crippen LogP contribution in [0.4, 0.5) is 0 Å². The van der Waals surface area contributed by atoms with Crippen LogP contribution in [0.3, 0.4) is 0 Å². The highest BCUT2D eigenvalue weighted by atomic mass is 15.1. The van der Waals surface area contributed by atoms with Crippen molar-refractivity contribution in [2.45, 2.75) is 134 Å². The van der Waals surface area contributed by atoms with E-state index in [9.17, 15) is 0 Å². The molecule has 514 valence electrons. The van der Waals surface area contributed by atoms with E-state index in [0.29, 0.717) is 17.5 Å². The minimum absolute atomic E-state index is 0. The number of benzene rings is 9. The smallest absolute Gasteiger partial charge is 0.178 e. The van der Waals surface area contributed by atoms with Crippen molar-refractivity contribution in [3.63, 3.8) is 0 Å². The number of hydrogen-bond acceptors (Lipinski definition) is 10. The highest BCUT2D eigenvalue weighted by Gasteiger charge is 2.24. The molecule has 0 N–H and O–H groups in total. The molecule has 0 radical (unpaired) electrons. The number of nitrogens with zero attached hydrogens (tertiary/aromatic N) is 11. The number of aromatic nitrogens is 11. The number of imidazole rings is 1. The molecule has 0 spiro atoms.